The minimum Gasteiger partial charge on any atom is -0.508 e. The number of phenols is 1. The fourth-order valence-electron chi connectivity index (χ4n) is 3.85. The molecule has 162 valence electrons. The van der Waals surface area contributed by atoms with Gasteiger partial charge in [-0.15, -0.1) is 24.8 Å². The van der Waals surface area contributed by atoms with E-state index < -0.39 is 0 Å². The first-order valence-electron chi connectivity index (χ1n) is 9.71. The Morgan fingerprint density at radius 2 is 1.93 bits per heavy atom. The number of rotatable bonds is 7. The summed E-state index contributed by atoms with van der Waals surface area (Å²) in [6.07, 6.45) is 1.16. The fraction of sp³-hybridized carbons (Fsp3) is 0.700. The Morgan fingerprint density at radius 3 is 2.64 bits per heavy atom. The lowest BCUT2D eigenvalue weighted by atomic mass is 10.0. The first-order valence-corrected chi connectivity index (χ1v) is 9.71. The van der Waals surface area contributed by atoms with Crippen molar-refractivity contribution in [3.63, 3.8) is 0 Å². The summed E-state index contributed by atoms with van der Waals surface area (Å²) in [6, 6.07) is 6.47. The van der Waals surface area contributed by atoms with Crippen molar-refractivity contribution < 1.29 is 14.6 Å². The summed E-state index contributed by atoms with van der Waals surface area (Å²) in [7, 11) is 1.73. The molecule has 2 atom stereocenters. The number of hydrogen-bond donors (Lipinski definition) is 2. The zero-order valence-electron chi connectivity index (χ0n) is 16.9. The highest BCUT2D eigenvalue weighted by Gasteiger charge is 2.23. The van der Waals surface area contributed by atoms with Crippen LogP contribution in [0.25, 0.3) is 0 Å². The van der Waals surface area contributed by atoms with E-state index >= 15 is 0 Å². The third kappa shape index (κ3) is 7.67. The Labute approximate surface area is 181 Å². The highest BCUT2D eigenvalue weighted by molar-refractivity contribution is 5.85. The van der Waals surface area contributed by atoms with Crippen LogP contribution >= 0.6 is 24.8 Å². The summed E-state index contributed by atoms with van der Waals surface area (Å²) in [5.74, 6) is 0.396. The molecule has 2 aliphatic rings. The van der Waals surface area contributed by atoms with Gasteiger partial charge in [0, 0.05) is 59.0 Å². The third-order valence-electron chi connectivity index (χ3n) is 5.40. The first kappa shape index (κ1) is 25.4. The summed E-state index contributed by atoms with van der Waals surface area (Å²) >= 11 is 0. The van der Waals surface area contributed by atoms with E-state index in [1.54, 1.807) is 7.11 Å². The molecule has 0 aromatic heterocycles. The molecule has 0 aliphatic carbocycles. The van der Waals surface area contributed by atoms with Crippen molar-refractivity contribution in [3.05, 3.63) is 29.3 Å². The summed E-state index contributed by atoms with van der Waals surface area (Å²) < 4.78 is 11.0. The number of aromatic hydroxyl groups is 1. The number of nitrogens with zero attached hydrogens (tertiary/aromatic N) is 2. The molecule has 2 saturated heterocycles. The highest BCUT2D eigenvalue weighted by atomic mass is 35.5. The average Bonchev–Trinajstić information content (AvgIpc) is 2.64. The number of benzene rings is 1. The Bertz CT molecular complexity index is 578. The first-order chi connectivity index (χ1) is 12.6. The van der Waals surface area contributed by atoms with Gasteiger partial charge in [0.25, 0.3) is 0 Å². The van der Waals surface area contributed by atoms with Crippen LogP contribution in [0.3, 0.4) is 0 Å². The molecule has 0 radical (unpaired) electrons. The van der Waals surface area contributed by atoms with Gasteiger partial charge < -0.3 is 19.9 Å². The van der Waals surface area contributed by atoms with Crippen molar-refractivity contribution in [3.8, 4) is 5.75 Å². The third-order valence-corrected chi connectivity index (χ3v) is 5.40. The SMILES string of the molecule is COC[C@@H]1CN(CCN2CCNC(Cc3ccc(C)c(O)c3)C2)CCO1.Cl.Cl. The van der Waals surface area contributed by atoms with E-state index in [9.17, 15) is 5.11 Å². The van der Waals surface area contributed by atoms with Crippen LogP contribution in [-0.4, -0.2) is 93.2 Å². The smallest absolute Gasteiger partial charge is 0.118 e. The van der Waals surface area contributed by atoms with Crippen LogP contribution in [0.1, 0.15) is 11.1 Å². The van der Waals surface area contributed by atoms with Crippen LogP contribution in [0.4, 0.5) is 0 Å². The fourth-order valence-corrected chi connectivity index (χ4v) is 3.85. The number of methoxy groups -OCH3 is 1. The Morgan fingerprint density at radius 1 is 1.18 bits per heavy atom. The highest BCUT2D eigenvalue weighted by Crippen LogP contribution is 2.19. The minimum absolute atomic E-state index is 0. The summed E-state index contributed by atoms with van der Waals surface area (Å²) in [4.78, 5) is 5.04. The second kappa shape index (κ2) is 12.9. The topological polar surface area (TPSA) is 57.2 Å². The molecule has 2 fully saturated rings. The van der Waals surface area contributed by atoms with Gasteiger partial charge in [0.15, 0.2) is 0 Å². The van der Waals surface area contributed by atoms with Crippen LogP contribution in [0.5, 0.6) is 5.75 Å². The van der Waals surface area contributed by atoms with Gasteiger partial charge in [-0.3, -0.25) is 9.80 Å². The van der Waals surface area contributed by atoms with Crippen LogP contribution in [0.2, 0.25) is 0 Å². The molecule has 1 unspecified atom stereocenters. The Balaban J connectivity index is 0.00000196. The lowest BCUT2D eigenvalue weighted by Crippen LogP contribution is -2.54. The maximum atomic E-state index is 9.91. The van der Waals surface area contributed by atoms with Crippen molar-refractivity contribution in [2.24, 2.45) is 0 Å². The van der Waals surface area contributed by atoms with Crippen LogP contribution in [0.15, 0.2) is 18.2 Å². The lowest BCUT2D eigenvalue weighted by molar-refractivity contribution is -0.0624. The predicted molar refractivity (Wildman–Crippen MR) is 117 cm³/mol. The molecule has 2 heterocycles. The normalized spacial score (nSPS) is 23.6. The lowest BCUT2D eigenvalue weighted by Gasteiger charge is -2.37. The molecule has 1 aromatic carbocycles. The van der Waals surface area contributed by atoms with Gasteiger partial charge in [0.05, 0.1) is 19.3 Å². The summed E-state index contributed by atoms with van der Waals surface area (Å²) in [5, 5.41) is 13.5. The number of hydrogen-bond acceptors (Lipinski definition) is 6. The van der Waals surface area contributed by atoms with E-state index in [0.29, 0.717) is 18.4 Å². The number of aryl methyl sites for hydroxylation is 1. The molecule has 8 heteroatoms. The predicted octanol–water partition coefficient (Wildman–Crippen LogP) is 1.71. The van der Waals surface area contributed by atoms with Gasteiger partial charge >= 0.3 is 0 Å². The zero-order valence-corrected chi connectivity index (χ0v) is 18.6. The average molecular weight is 436 g/mol. The minimum atomic E-state index is 0. The largest absolute Gasteiger partial charge is 0.508 e. The maximum Gasteiger partial charge on any atom is 0.118 e. The summed E-state index contributed by atoms with van der Waals surface area (Å²) in [6.45, 7) is 10.7. The van der Waals surface area contributed by atoms with Crippen LogP contribution < -0.4 is 5.32 Å². The molecule has 0 spiro atoms. The van der Waals surface area contributed by atoms with E-state index in [2.05, 4.69) is 21.2 Å². The van der Waals surface area contributed by atoms with Gasteiger partial charge in [-0.25, -0.2) is 0 Å². The Hall–Kier alpha value is -0.600. The second-order valence-electron chi connectivity index (χ2n) is 7.53. The van der Waals surface area contributed by atoms with Crippen molar-refractivity contribution >= 4 is 24.8 Å². The second-order valence-corrected chi connectivity index (χ2v) is 7.53. The molecule has 2 aliphatic heterocycles. The molecule has 0 bridgehead atoms. The molecular formula is C20H35Cl2N3O3. The van der Waals surface area contributed by atoms with Gasteiger partial charge in [-0.1, -0.05) is 12.1 Å². The van der Waals surface area contributed by atoms with Crippen molar-refractivity contribution in [2.75, 3.05) is 66.1 Å². The van der Waals surface area contributed by atoms with Gasteiger partial charge in [-0.2, -0.15) is 0 Å². The van der Waals surface area contributed by atoms with E-state index in [-0.39, 0.29) is 30.9 Å². The molecule has 6 nitrogen and oxygen atoms in total. The Kier molecular flexibility index (Phi) is 11.7. The van der Waals surface area contributed by atoms with Gasteiger partial charge in [0.1, 0.15) is 5.75 Å². The van der Waals surface area contributed by atoms with Crippen LogP contribution in [0, 0.1) is 6.92 Å². The van der Waals surface area contributed by atoms with Crippen molar-refractivity contribution in [2.45, 2.75) is 25.5 Å². The molecular weight excluding hydrogens is 401 g/mol. The number of piperazine rings is 1. The van der Waals surface area contributed by atoms with E-state index in [1.165, 1.54) is 5.56 Å². The van der Waals surface area contributed by atoms with Crippen molar-refractivity contribution in [1.82, 2.24) is 15.1 Å². The number of halogens is 2. The van der Waals surface area contributed by atoms with E-state index in [4.69, 9.17) is 9.47 Å². The summed E-state index contributed by atoms with van der Waals surface area (Å²) in [5.41, 5.74) is 2.13. The van der Waals surface area contributed by atoms with E-state index in [1.807, 2.05) is 19.1 Å². The molecule has 28 heavy (non-hydrogen) atoms. The van der Waals surface area contributed by atoms with Crippen LogP contribution in [-0.2, 0) is 15.9 Å². The van der Waals surface area contributed by atoms with Gasteiger partial charge in [0.2, 0.25) is 0 Å². The van der Waals surface area contributed by atoms with Crippen molar-refractivity contribution in [1.29, 1.82) is 0 Å². The quantitative estimate of drug-likeness (QED) is 0.679. The molecule has 1 aromatic rings. The number of ether oxygens (including phenoxy) is 2. The monoisotopic (exact) mass is 435 g/mol. The standard InChI is InChI=1S/C20H33N3O3.2ClH/c1-16-3-4-17(12-20(16)24)11-18-13-22(6-5-21-18)7-8-23-9-10-26-19(14-23)15-25-2;;/h3-4,12,18-19,21,24H,5-11,13-15H2,1-2H3;2*1H/t18?,19-;;/m0../s1. The number of phenolic OH excluding ortho intramolecular Hbond substituents is 1. The van der Waals surface area contributed by atoms with Gasteiger partial charge in [-0.05, 0) is 30.5 Å². The zero-order chi connectivity index (χ0) is 18.4. The molecule has 2 N–H and O–H groups in total. The maximum absolute atomic E-state index is 9.91. The number of nitrogens with one attached hydrogen (secondary N) is 1. The number of morpholine rings is 1. The molecule has 0 amide bonds. The molecule has 0 saturated carbocycles. The van der Waals surface area contributed by atoms with E-state index in [0.717, 1.165) is 64.4 Å². The molecule has 3 rings (SSSR count).